The lowest BCUT2D eigenvalue weighted by Gasteiger charge is -2.20. The molecule has 0 radical (unpaired) electrons. The molecular formula is C15H20ClNO. The Hall–Kier alpha value is -0.990. The lowest BCUT2D eigenvalue weighted by Crippen LogP contribution is -2.22. The van der Waals surface area contributed by atoms with E-state index in [4.69, 9.17) is 16.0 Å². The third-order valence-electron chi connectivity index (χ3n) is 3.43. The predicted molar refractivity (Wildman–Crippen MR) is 77.1 cm³/mol. The van der Waals surface area contributed by atoms with Gasteiger partial charge in [0.15, 0.2) is 0 Å². The Balaban J connectivity index is 2.33. The average Bonchev–Trinajstić information content (AvgIpc) is 2.72. The van der Waals surface area contributed by atoms with E-state index >= 15 is 0 Å². The molecule has 0 aliphatic rings. The van der Waals surface area contributed by atoms with Crippen LogP contribution in [0.5, 0.6) is 0 Å². The van der Waals surface area contributed by atoms with Gasteiger partial charge in [0.25, 0.3) is 0 Å². The highest BCUT2D eigenvalue weighted by Crippen LogP contribution is 2.31. The van der Waals surface area contributed by atoms with Crippen molar-refractivity contribution in [2.75, 3.05) is 7.05 Å². The molecule has 0 spiro atoms. The fraction of sp³-hybridized carbons (Fsp3) is 0.467. The van der Waals surface area contributed by atoms with Gasteiger partial charge in [0.2, 0.25) is 0 Å². The molecule has 0 saturated heterocycles. The summed E-state index contributed by atoms with van der Waals surface area (Å²) in [5.41, 5.74) is 0.901. The van der Waals surface area contributed by atoms with Crippen LogP contribution in [0, 0.1) is 5.92 Å². The molecule has 1 N–H and O–H groups in total. The lowest BCUT2D eigenvalue weighted by atomic mass is 9.95. The summed E-state index contributed by atoms with van der Waals surface area (Å²) in [5, 5.41) is 5.17. The number of benzene rings is 1. The molecule has 2 atom stereocenters. The Morgan fingerprint density at radius 2 is 2.11 bits per heavy atom. The maximum Gasteiger partial charge on any atom is 0.134 e. The Morgan fingerprint density at radius 3 is 2.78 bits per heavy atom. The molecule has 0 aliphatic carbocycles. The number of hydrogen-bond acceptors (Lipinski definition) is 2. The highest BCUT2D eigenvalue weighted by atomic mass is 35.5. The van der Waals surface area contributed by atoms with Gasteiger partial charge in [-0.3, -0.25) is 0 Å². The summed E-state index contributed by atoms with van der Waals surface area (Å²) in [6.45, 7) is 4.46. The molecule has 1 aromatic carbocycles. The molecule has 1 heterocycles. The van der Waals surface area contributed by atoms with Crippen molar-refractivity contribution in [1.29, 1.82) is 0 Å². The molecule has 98 valence electrons. The van der Waals surface area contributed by atoms with Gasteiger partial charge in [-0.2, -0.15) is 0 Å². The quantitative estimate of drug-likeness (QED) is 0.841. The van der Waals surface area contributed by atoms with Crippen molar-refractivity contribution in [2.24, 2.45) is 5.92 Å². The predicted octanol–water partition coefficient (Wildman–Crippen LogP) is 4.78. The Bertz CT molecular complexity index is 520. The number of halogens is 1. The first-order chi connectivity index (χ1) is 8.65. The van der Waals surface area contributed by atoms with Crippen LogP contribution in [-0.2, 0) is 0 Å². The molecule has 2 rings (SSSR count). The maximum atomic E-state index is 6.00. The van der Waals surface area contributed by atoms with Gasteiger partial charge in [-0.1, -0.05) is 31.9 Å². The van der Waals surface area contributed by atoms with Crippen LogP contribution >= 0.6 is 11.6 Å². The molecule has 0 amide bonds. The summed E-state index contributed by atoms with van der Waals surface area (Å²) in [6.07, 6.45) is 2.37. The van der Waals surface area contributed by atoms with Gasteiger partial charge < -0.3 is 9.73 Å². The standard InChI is InChI=1S/C15H20ClNO/c1-4-5-10(2)15(17-3)14-9-11-8-12(16)6-7-13(11)18-14/h6-10,15,17H,4-5H2,1-3H3. The fourth-order valence-electron chi connectivity index (χ4n) is 2.52. The molecule has 0 saturated carbocycles. The van der Waals surface area contributed by atoms with Gasteiger partial charge >= 0.3 is 0 Å². The van der Waals surface area contributed by atoms with Gasteiger partial charge in [-0.05, 0) is 43.7 Å². The zero-order chi connectivity index (χ0) is 13.1. The van der Waals surface area contributed by atoms with Gasteiger partial charge in [-0.25, -0.2) is 0 Å². The molecule has 18 heavy (non-hydrogen) atoms. The van der Waals surface area contributed by atoms with Crippen LogP contribution in [0.15, 0.2) is 28.7 Å². The van der Waals surface area contributed by atoms with E-state index in [1.807, 2.05) is 25.2 Å². The second-order valence-electron chi connectivity index (χ2n) is 4.86. The molecule has 1 aromatic heterocycles. The molecule has 2 aromatic rings. The van der Waals surface area contributed by atoms with Crippen LogP contribution < -0.4 is 5.32 Å². The lowest BCUT2D eigenvalue weighted by molar-refractivity contribution is 0.333. The molecule has 0 bridgehead atoms. The van der Waals surface area contributed by atoms with Crippen molar-refractivity contribution < 1.29 is 4.42 Å². The van der Waals surface area contributed by atoms with Crippen molar-refractivity contribution in [3.8, 4) is 0 Å². The van der Waals surface area contributed by atoms with Crippen LogP contribution in [0.25, 0.3) is 11.0 Å². The normalized spacial score (nSPS) is 14.9. The van der Waals surface area contributed by atoms with E-state index in [2.05, 4.69) is 25.2 Å². The SMILES string of the molecule is CCCC(C)C(NC)c1cc2cc(Cl)ccc2o1. The van der Waals surface area contributed by atoms with E-state index in [-0.39, 0.29) is 6.04 Å². The second-order valence-corrected chi connectivity index (χ2v) is 5.30. The molecule has 3 heteroatoms. The van der Waals surface area contributed by atoms with Gasteiger partial charge in [0, 0.05) is 10.4 Å². The first kappa shape index (κ1) is 13.4. The van der Waals surface area contributed by atoms with Crippen LogP contribution in [-0.4, -0.2) is 7.05 Å². The number of fused-ring (bicyclic) bond motifs is 1. The first-order valence-corrected chi connectivity index (χ1v) is 6.89. The first-order valence-electron chi connectivity index (χ1n) is 6.52. The maximum absolute atomic E-state index is 6.00. The number of nitrogens with one attached hydrogen (secondary N) is 1. The Kier molecular flexibility index (Phi) is 4.31. The third kappa shape index (κ3) is 2.70. The average molecular weight is 266 g/mol. The minimum atomic E-state index is 0.260. The number of rotatable bonds is 5. The highest BCUT2D eigenvalue weighted by Gasteiger charge is 2.20. The molecule has 0 fully saturated rings. The molecule has 2 unspecified atom stereocenters. The summed E-state index contributed by atoms with van der Waals surface area (Å²) in [4.78, 5) is 0. The molecule has 2 nitrogen and oxygen atoms in total. The zero-order valence-electron chi connectivity index (χ0n) is 11.2. The van der Waals surface area contributed by atoms with Crippen molar-refractivity contribution in [2.45, 2.75) is 32.7 Å². The van der Waals surface area contributed by atoms with Crippen LogP contribution in [0.1, 0.15) is 38.5 Å². The third-order valence-corrected chi connectivity index (χ3v) is 3.66. The summed E-state index contributed by atoms with van der Waals surface area (Å²) in [5.74, 6) is 1.55. The largest absolute Gasteiger partial charge is 0.459 e. The van der Waals surface area contributed by atoms with Gasteiger partial charge in [0.05, 0.1) is 6.04 Å². The zero-order valence-corrected chi connectivity index (χ0v) is 11.9. The number of furan rings is 1. The van der Waals surface area contributed by atoms with Crippen LogP contribution in [0.4, 0.5) is 0 Å². The van der Waals surface area contributed by atoms with E-state index in [0.29, 0.717) is 5.92 Å². The van der Waals surface area contributed by atoms with Crippen LogP contribution in [0.2, 0.25) is 5.02 Å². The second kappa shape index (κ2) is 5.77. The summed E-state index contributed by atoms with van der Waals surface area (Å²) < 4.78 is 5.92. The van der Waals surface area contributed by atoms with Crippen molar-refractivity contribution in [3.05, 3.63) is 35.0 Å². The van der Waals surface area contributed by atoms with E-state index < -0.39 is 0 Å². The topological polar surface area (TPSA) is 25.2 Å². The Labute approximate surface area is 113 Å². The molecule has 0 aliphatic heterocycles. The monoisotopic (exact) mass is 265 g/mol. The Morgan fingerprint density at radius 1 is 1.33 bits per heavy atom. The van der Waals surface area contributed by atoms with Crippen molar-refractivity contribution >= 4 is 22.6 Å². The minimum Gasteiger partial charge on any atom is -0.459 e. The van der Waals surface area contributed by atoms with Gasteiger partial charge in [-0.15, -0.1) is 0 Å². The summed E-state index contributed by atoms with van der Waals surface area (Å²) in [6, 6.07) is 8.09. The summed E-state index contributed by atoms with van der Waals surface area (Å²) in [7, 11) is 1.98. The highest BCUT2D eigenvalue weighted by molar-refractivity contribution is 6.31. The van der Waals surface area contributed by atoms with Crippen molar-refractivity contribution in [3.63, 3.8) is 0 Å². The minimum absolute atomic E-state index is 0.260. The van der Waals surface area contributed by atoms with Crippen LogP contribution in [0.3, 0.4) is 0 Å². The fourth-order valence-corrected chi connectivity index (χ4v) is 2.70. The smallest absolute Gasteiger partial charge is 0.134 e. The van der Waals surface area contributed by atoms with Crippen molar-refractivity contribution in [1.82, 2.24) is 5.32 Å². The van der Waals surface area contributed by atoms with E-state index in [1.165, 1.54) is 12.8 Å². The summed E-state index contributed by atoms with van der Waals surface area (Å²) >= 11 is 6.00. The van der Waals surface area contributed by atoms with E-state index in [1.54, 1.807) is 0 Å². The van der Waals surface area contributed by atoms with E-state index in [9.17, 15) is 0 Å². The van der Waals surface area contributed by atoms with E-state index in [0.717, 1.165) is 21.8 Å². The number of hydrogen-bond donors (Lipinski definition) is 1. The van der Waals surface area contributed by atoms with Gasteiger partial charge in [0.1, 0.15) is 11.3 Å². The molecular weight excluding hydrogens is 246 g/mol.